The van der Waals surface area contributed by atoms with E-state index in [1.807, 2.05) is 18.2 Å². The van der Waals surface area contributed by atoms with Crippen molar-refractivity contribution in [2.45, 2.75) is 25.3 Å². The molecule has 0 bridgehead atoms. The second-order valence-corrected chi connectivity index (χ2v) is 5.62. The number of benzene rings is 1. The highest BCUT2D eigenvalue weighted by molar-refractivity contribution is 6.04. The Balaban J connectivity index is 1.73. The topological polar surface area (TPSA) is 62.3 Å². The molecule has 2 aromatic rings. The van der Waals surface area contributed by atoms with Gasteiger partial charge in [0.1, 0.15) is 0 Å². The van der Waals surface area contributed by atoms with Crippen molar-refractivity contribution < 1.29 is 9.59 Å². The number of carbonyl (C=O) groups is 2. The van der Waals surface area contributed by atoms with Crippen LogP contribution in [-0.4, -0.2) is 28.4 Å². The van der Waals surface area contributed by atoms with Crippen LogP contribution in [0.5, 0.6) is 0 Å². The molecule has 5 nitrogen and oxygen atoms in total. The molecule has 1 saturated heterocycles. The van der Waals surface area contributed by atoms with Crippen molar-refractivity contribution in [1.82, 2.24) is 15.2 Å². The number of carbonyl (C=O) groups excluding carboxylic acids is 2. The van der Waals surface area contributed by atoms with Crippen molar-refractivity contribution in [3.8, 4) is 0 Å². The zero-order valence-corrected chi connectivity index (χ0v) is 12.8. The Labute approximate surface area is 135 Å². The Morgan fingerprint density at radius 3 is 2.65 bits per heavy atom. The van der Waals surface area contributed by atoms with Crippen LogP contribution in [0.25, 0.3) is 0 Å². The Morgan fingerprint density at radius 1 is 1.09 bits per heavy atom. The fraction of sp³-hybridized carbons (Fsp3) is 0.278. The number of nitrogens with one attached hydrogen (secondary N) is 1. The summed E-state index contributed by atoms with van der Waals surface area (Å²) < 4.78 is 0. The minimum absolute atomic E-state index is 0.0268. The first-order chi connectivity index (χ1) is 11.3. The first kappa shape index (κ1) is 15.2. The van der Waals surface area contributed by atoms with E-state index in [0.717, 1.165) is 24.8 Å². The molecule has 3 rings (SSSR count). The van der Waals surface area contributed by atoms with Gasteiger partial charge in [0.2, 0.25) is 0 Å². The number of nitrogens with zero attached hydrogens (tertiary/aromatic N) is 2. The molecule has 0 radical (unpaired) electrons. The molecule has 0 spiro atoms. The van der Waals surface area contributed by atoms with Gasteiger partial charge in [-0.3, -0.25) is 15.1 Å². The first-order valence-electron chi connectivity index (χ1n) is 7.82. The molecular formula is C18H19N3O2. The lowest BCUT2D eigenvalue weighted by Crippen LogP contribution is -2.46. The molecule has 5 heteroatoms. The average molecular weight is 309 g/mol. The van der Waals surface area contributed by atoms with Crippen molar-refractivity contribution >= 4 is 11.9 Å². The summed E-state index contributed by atoms with van der Waals surface area (Å²) >= 11 is 0. The van der Waals surface area contributed by atoms with Crippen LogP contribution in [0.4, 0.5) is 4.79 Å². The number of amides is 3. The number of hydrogen-bond donors (Lipinski definition) is 1. The number of urea groups is 1. The van der Waals surface area contributed by atoms with E-state index in [1.165, 1.54) is 0 Å². The van der Waals surface area contributed by atoms with Gasteiger partial charge in [-0.2, -0.15) is 0 Å². The number of hydrogen-bond acceptors (Lipinski definition) is 3. The van der Waals surface area contributed by atoms with E-state index in [-0.39, 0.29) is 18.0 Å². The van der Waals surface area contributed by atoms with Gasteiger partial charge in [0, 0.05) is 24.5 Å². The highest BCUT2D eigenvalue weighted by Gasteiger charge is 2.29. The van der Waals surface area contributed by atoms with E-state index in [9.17, 15) is 9.59 Å². The molecule has 2 heterocycles. The van der Waals surface area contributed by atoms with E-state index in [1.54, 1.807) is 41.6 Å². The predicted molar refractivity (Wildman–Crippen MR) is 86.8 cm³/mol. The zero-order valence-electron chi connectivity index (χ0n) is 12.8. The molecule has 1 aromatic carbocycles. The third-order valence-electron chi connectivity index (χ3n) is 4.09. The van der Waals surface area contributed by atoms with Crippen LogP contribution in [0.2, 0.25) is 0 Å². The SMILES string of the molecule is O=C(NC(=O)N1CCCCC1c1cccnc1)c1ccccc1. The fourth-order valence-corrected chi connectivity index (χ4v) is 2.92. The largest absolute Gasteiger partial charge is 0.324 e. The molecule has 1 aliphatic heterocycles. The number of imide groups is 1. The Kier molecular flexibility index (Phi) is 4.66. The minimum Gasteiger partial charge on any atom is -0.317 e. The monoisotopic (exact) mass is 309 g/mol. The van der Waals surface area contributed by atoms with E-state index < -0.39 is 0 Å². The van der Waals surface area contributed by atoms with Crippen molar-refractivity contribution in [3.63, 3.8) is 0 Å². The van der Waals surface area contributed by atoms with Crippen molar-refractivity contribution in [1.29, 1.82) is 0 Å². The molecule has 1 aromatic heterocycles. The van der Waals surface area contributed by atoms with Crippen LogP contribution in [0.15, 0.2) is 54.9 Å². The van der Waals surface area contributed by atoms with Gasteiger partial charge in [0.05, 0.1) is 6.04 Å². The highest BCUT2D eigenvalue weighted by atomic mass is 16.2. The maximum absolute atomic E-state index is 12.5. The van der Waals surface area contributed by atoms with Gasteiger partial charge in [-0.25, -0.2) is 4.79 Å². The van der Waals surface area contributed by atoms with Crippen molar-refractivity contribution in [2.24, 2.45) is 0 Å². The van der Waals surface area contributed by atoms with Crippen LogP contribution in [0.1, 0.15) is 41.2 Å². The smallest absolute Gasteiger partial charge is 0.317 e. The summed E-state index contributed by atoms with van der Waals surface area (Å²) in [6.07, 6.45) is 6.41. The van der Waals surface area contributed by atoms with Gasteiger partial charge in [0.15, 0.2) is 0 Å². The van der Waals surface area contributed by atoms with E-state index in [2.05, 4.69) is 10.3 Å². The number of piperidine rings is 1. The van der Waals surface area contributed by atoms with Gasteiger partial charge in [0.25, 0.3) is 5.91 Å². The lowest BCUT2D eigenvalue weighted by Gasteiger charge is -2.35. The van der Waals surface area contributed by atoms with E-state index in [0.29, 0.717) is 12.1 Å². The number of aromatic nitrogens is 1. The van der Waals surface area contributed by atoms with Gasteiger partial charge in [-0.15, -0.1) is 0 Å². The van der Waals surface area contributed by atoms with Crippen LogP contribution in [0.3, 0.4) is 0 Å². The zero-order chi connectivity index (χ0) is 16.1. The molecule has 23 heavy (non-hydrogen) atoms. The molecule has 1 atom stereocenters. The number of rotatable bonds is 2. The van der Waals surface area contributed by atoms with Crippen LogP contribution in [-0.2, 0) is 0 Å². The summed E-state index contributed by atoms with van der Waals surface area (Å²) in [7, 11) is 0. The Hall–Kier alpha value is -2.69. The van der Waals surface area contributed by atoms with Crippen LogP contribution < -0.4 is 5.32 Å². The van der Waals surface area contributed by atoms with Gasteiger partial charge < -0.3 is 4.90 Å². The minimum atomic E-state index is -0.369. The van der Waals surface area contributed by atoms with Gasteiger partial charge in [-0.1, -0.05) is 24.3 Å². The number of likely N-dealkylation sites (tertiary alicyclic amines) is 1. The Bertz CT molecular complexity index is 673. The third-order valence-corrected chi connectivity index (χ3v) is 4.09. The summed E-state index contributed by atoms with van der Waals surface area (Å²) in [6, 6.07) is 12.2. The molecule has 1 aliphatic rings. The quantitative estimate of drug-likeness (QED) is 0.927. The molecular weight excluding hydrogens is 290 g/mol. The lowest BCUT2D eigenvalue weighted by molar-refractivity contribution is 0.0934. The second kappa shape index (κ2) is 7.05. The van der Waals surface area contributed by atoms with E-state index >= 15 is 0 Å². The second-order valence-electron chi connectivity index (χ2n) is 5.62. The fourth-order valence-electron chi connectivity index (χ4n) is 2.92. The lowest BCUT2D eigenvalue weighted by atomic mass is 9.97. The summed E-state index contributed by atoms with van der Waals surface area (Å²) in [6.45, 7) is 0.646. The maximum atomic E-state index is 12.5. The summed E-state index contributed by atoms with van der Waals surface area (Å²) in [5, 5.41) is 2.49. The van der Waals surface area contributed by atoms with Gasteiger partial charge >= 0.3 is 6.03 Å². The molecule has 1 unspecified atom stereocenters. The maximum Gasteiger partial charge on any atom is 0.324 e. The molecule has 3 amide bonds. The predicted octanol–water partition coefficient (Wildman–Crippen LogP) is 3.16. The Morgan fingerprint density at radius 2 is 1.91 bits per heavy atom. The summed E-state index contributed by atoms with van der Waals surface area (Å²) in [5.74, 6) is -0.369. The third kappa shape index (κ3) is 3.56. The standard InChI is InChI=1S/C18H19N3O2/c22-17(14-7-2-1-3-8-14)20-18(23)21-12-5-4-10-16(21)15-9-6-11-19-13-15/h1-3,6-9,11,13,16H,4-5,10,12H2,(H,20,22,23). The highest BCUT2D eigenvalue weighted by Crippen LogP contribution is 2.30. The molecule has 118 valence electrons. The van der Waals surface area contributed by atoms with Crippen molar-refractivity contribution in [3.05, 3.63) is 66.0 Å². The molecule has 1 fully saturated rings. The van der Waals surface area contributed by atoms with E-state index in [4.69, 9.17) is 0 Å². The molecule has 1 N–H and O–H groups in total. The van der Waals surface area contributed by atoms with Crippen molar-refractivity contribution in [2.75, 3.05) is 6.54 Å². The van der Waals surface area contributed by atoms with Crippen LogP contribution >= 0.6 is 0 Å². The van der Waals surface area contributed by atoms with Gasteiger partial charge in [-0.05, 0) is 43.0 Å². The number of pyridine rings is 1. The average Bonchev–Trinajstić information content (AvgIpc) is 2.63. The molecule has 0 saturated carbocycles. The summed E-state index contributed by atoms with van der Waals surface area (Å²) in [4.78, 5) is 30.6. The summed E-state index contributed by atoms with van der Waals surface area (Å²) in [5.41, 5.74) is 1.49. The first-order valence-corrected chi connectivity index (χ1v) is 7.82. The molecule has 0 aliphatic carbocycles. The van der Waals surface area contributed by atoms with Crippen LogP contribution in [0, 0.1) is 0 Å². The normalized spacial score (nSPS) is 17.6.